The molecule has 0 N–H and O–H groups in total. The first-order valence-electron chi connectivity index (χ1n) is 7.79. The standard InChI is InChI=1S/C16H28O4/c1-4-5-6-7-12-8-10-13(11-9-12)14(15(17)19-2)16(18)20-3/h12-14H,4-11H2,1-3H3/t12-,13-. The van der Waals surface area contributed by atoms with Gasteiger partial charge >= 0.3 is 11.9 Å². The lowest BCUT2D eigenvalue weighted by atomic mass is 9.74. The predicted molar refractivity (Wildman–Crippen MR) is 77.1 cm³/mol. The summed E-state index contributed by atoms with van der Waals surface area (Å²) < 4.78 is 9.51. The zero-order valence-electron chi connectivity index (χ0n) is 13.0. The quantitative estimate of drug-likeness (QED) is 0.409. The number of ether oxygens (including phenoxy) is 2. The van der Waals surface area contributed by atoms with Crippen LogP contribution in [0.3, 0.4) is 0 Å². The Labute approximate surface area is 122 Å². The number of hydrogen-bond donors (Lipinski definition) is 0. The zero-order valence-corrected chi connectivity index (χ0v) is 13.0. The van der Waals surface area contributed by atoms with Crippen molar-refractivity contribution in [2.45, 2.75) is 58.3 Å². The molecule has 0 aromatic rings. The molecule has 20 heavy (non-hydrogen) atoms. The molecule has 0 bridgehead atoms. The maximum atomic E-state index is 11.8. The van der Waals surface area contributed by atoms with Gasteiger partial charge in [0.15, 0.2) is 5.92 Å². The van der Waals surface area contributed by atoms with Crippen LogP contribution in [-0.4, -0.2) is 26.2 Å². The second-order valence-corrected chi connectivity index (χ2v) is 5.80. The number of esters is 2. The van der Waals surface area contributed by atoms with Crippen LogP contribution in [0.25, 0.3) is 0 Å². The van der Waals surface area contributed by atoms with Gasteiger partial charge in [-0.25, -0.2) is 0 Å². The van der Waals surface area contributed by atoms with E-state index in [0.717, 1.165) is 31.6 Å². The van der Waals surface area contributed by atoms with Crippen molar-refractivity contribution in [3.8, 4) is 0 Å². The van der Waals surface area contributed by atoms with E-state index in [-0.39, 0.29) is 5.92 Å². The van der Waals surface area contributed by atoms with E-state index in [1.54, 1.807) is 0 Å². The summed E-state index contributed by atoms with van der Waals surface area (Å²) in [6.07, 6.45) is 9.19. The summed E-state index contributed by atoms with van der Waals surface area (Å²) in [7, 11) is 2.66. The summed E-state index contributed by atoms with van der Waals surface area (Å²) in [5.41, 5.74) is 0. The fraction of sp³-hybridized carbons (Fsp3) is 0.875. The molecule has 116 valence electrons. The van der Waals surface area contributed by atoms with Crippen LogP contribution >= 0.6 is 0 Å². The number of unbranched alkanes of at least 4 members (excludes halogenated alkanes) is 2. The van der Waals surface area contributed by atoms with Gasteiger partial charge in [-0.2, -0.15) is 0 Å². The van der Waals surface area contributed by atoms with Gasteiger partial charge in [0, 0.05) is 0 Å². The highest BCUT2D eigenvalue weighted by Gasteiger charge is 2.38. The first kappa shape index (κ1) is 17.0. The van der Waals surface area contributed by atoms with E-state index < -0.39 is 17.9 Å². The van der Waals surface area contributed by atoms with E-state index in [4.69, 9.17) is 9.47 Å². The second-order valence-electron chi connectivity index (χ2n) is 5.80. The normalized spacial score (nSPS) is 22.6. The van der Waals surface area contributed by atoms with Gasteiger partial charge in [0.05, 0.1) is 14.2 Å². The van der Waals surface area contributed by atoms with E-state index in [0.29, 0.717) is 0 Å². The molecule has 1 fully saturated rings. The largest absolute Gasteiger partial charge is 0.468 e. The Hall–Kier alpha value is -1.06. The third-order valence-electron chi connectivity index (χ3n) is 4.49. The maximum Gasteiger partial charge on any atom is 0.320 e. The summed E-state index contributed by atoms with van der Waals surface area (Å²) in [5.74, 6) is -0.801. The van der Waals surface area contributed by atoms with E-state index >= 15 is 0 Å². The van der Waals surface area contributed by atoms with Crippen molar-refractivity contribution in [3.05, 3.63) is 0 Å². The van der Waals surface area contributed by atoms with Crippen molar-refractivity contribution in [2.75, 3.05) is 14.2 Å². The number of methoxy groups -OCH3 is 2. The fourth-order valence-corrected chi connectivity index (χ4v) is 3.23. The van der Waals surface area contributed by atoms with E-state index in [1.165, 1.54) is 39.9 Å². The van der Waals surface area contributed by atoms with Crippen LogP contribution in [0.4, 0.5) is 0 Å². The Balaban J connectivity index is 2.48. The average Bonchev–Trinajstić information content (AvgIpc) is 2.48. The van der Waals surface area contributed by atoms with Crippen LogP contribution in [0.15, 0.2) is 0 Å². The van der Waals surface area contributed by atoms with Crippen LogP contribution in [0, 0.1) is 17.8 Å². The van der Waals surface area contributed by atoms with Crippen molar-refractivity contribution in [3.63, 3.8) is 0 Å². The molecule has 0 aromatic carbocycles. The molecular weight excluding hydrogens is 256 g/mol. The first-order valence-corrected chi connectivity index (χ1v) is 7.79. The van der Waals surface area contributed by atoms with E-state index in [9.17, 15) is 9.59 Å². The Kier molecular flexibility index (Phi) is 7.63. The molecule has 0 saturated heterocycles. The fourth-order valence-electron chi connectivity index (χ4n) is 3.23. The lowest BCUT2D eigenvalue weighted by molar-refractivity contribution is -0.162. The Morgan fingerprint density at radius 2 is 1.55 bits per heavy atom. The number of hydrogen-bond acceptors (Lipinski definition) is 4. The van der Waals surface area contributed by atoms with Crippen molar-refractivity contribution in [2.24, 2.45) is 17.8 Å². The average molecular weight is 284 g/mol. The predicted octanol–water partition coefficient (Wildman–Crippen LogP) is 3.34. The lowest BCUT2D eigenvalue weighted by Gasteiger charge is -2.31. The Morgan fingerprint density at radius 1 is 1.00 bits per heavy atom. The molecule has 1 rings (SSSR count). The minimum atomic E-state index is -0.735. The van der Waals surface area contributed by atoms with Gasteiger partial charge in [-0.15, -0.1) is 0 Å². The summed E-state index contributed by atoms with van der Waals surface area (Å²) in [6, 6.07) is 0. The van der Waals surface area contributed by atoms with Gasteiger partial charge in [-0.05, 0) is 24.7 Å². The topological polar surface area (TPSA) is 52.6 Å². The van der Waals surface area contributed by atoms with Gasteiger partial charge in [-0.1, -0.05) is 45.4 Å². The van der Waals surface area contributed by atoms with Gasteiger partial charge < -0.3 is 9.47 Å². The summed E-state index contributed by atoms with van der Waals surface area (Å²) in [6.45, 7) is 2.22. The molecular formula is C16H28O4. The molecule has 0 atom stereocenters. The monoisotopic (exact) mass is 284 g/mol. The molecule has 4 nitrogen and oxygen atoms in total. The molecule has 0 aliphatic heterocycles. The molecule has 0 spiro atoms. The van der Waals surface area contributed by atoms with Crippen LogP contribution in [0.1, 0.15) is 58.3 Å². The van der Waals surface area contributed by atoms with Crippen LogP contribution in [0.2, 0.25) is 0 Å². The van der Waals surface area contributed by atoms with Crippen LogP contribution < -0.4 is 0 Å². The Morgan fingerprint density at radius 3 is 2.00 bits per heavy atom. The van der Waals surface area contributed by atoms with Gasteiger partial charge in [-0.3, -0.25) is 9.59 Å². The van der Waals surface area contributed by atoms with Crippen LogP contribution in [-0.2, 0) is 19.1 Å². The highest BCUT2D eigenvalue weighted by Crippen LogP contribution is 2.36. The molecule has 0 unspecified atom stereocenters. The lowest BCUT2D eigenvalue weighted by Crippen LogP contribution is -2.35. The van der Waals surface area contributed by atoms with E-state index in [1.807, 2.05) is 0 Å². The number of rotatable bonds is 7. The molecule has 0 radical (unpaired) electrons. The third-order valence-corrected chi connectivity index (χ3v) is 4.49. The maximum absolute atomic E-state index is 11.8. The molecule has 1 saturated carbocycles. The molecule has 0 aromatic heterocycles. The van der Waals surface area contributed by atoms with Crippen molar-refractivity contribution >= 4 is 11.9 Å². The summed E-state index contributed by atoms with van der Waals surface area (Å²) >= 11 is 0. The summed E-state index contributed by atoms with van der Waals surface area (Å²) in [5, 5.41) is 0. The zero-order chi connectivity index (χ0) is 15.0. The van der Waals surface area contributed by atoms with Gasteiger partial charge in [0.1, 0.15) is 0 Å². The molecule has 0 heterocycles. The highest BCUT2D eigenvalue weighted by molar-refractivity contribution is 5.95. The molecule has 0 amide bonds. The molecule has 4 heteroatoms. The van der Waals surface area contributed by atoms with Crippen molar-refractivity contribution < 1.29 is 19.1 Å². The SMILES string of the molecule is CCCCC[C@H]1CC[C@H](C(C(=O)OC)C(=O)OC)CC1. The van der Waals surface area contributed by atoms with Crippen LogP contribution in [0.5, 0.6) is 0 Å². The van der Waals surface area contributed by atoms with Gasteiger partial charge in [0.2, 0.25) is 0 Å². The molecule has 1 aliphatic carbocycles. The Bertz CT molecular complexity index is 290. The van der Waals surface area contributed by atoms with E-state index in [2.05, 4.69) is 6.92 Å². The van der Waals surface area contributed by atoms with Gasteiger partial charge in [0.25, 0.3) is 0 Å². The van der Waals surface area contributed by atoms with Crippen molar-refractivity contribution in [1.29, 1.82) is 0 Å². The first-order chi connectivity index (χ1) is 9.63. The number of carbonyl (C=O) groups is 2. The number of carbonyl (C=O) groups excluding carboxylic acids is 2. The smallest absolute Gasteiger partial charge is 0.320 e. The molecule has 1 aliphatic rings. The highest BCUT2D eigenvalue weighted by atomic mass is 16.5. The van der Waals surface area contributed by atoms with Crippen molar-refractivity contribution in [1.82, 2.24) is 0 Å². The minimum absolute atomic E-state index is 0.0809. The second kappa shape index (κ2) is 8.98. The minimum Gasteiger partial charge on any atom is -0.468 e. The third kappa shape index (κ3) is 4.80. The summed E-state index contributed by atoms with van der Waals surface area (Å²) in [4.78, 5) is 23.6.